The van der Waals surface area contributed by atoms with Crippen LogP contribution in [0.5, 0.6) is 0 Å². The van der Waals surface area contributed by atoms with Crippen LogP contribution in [0.15, 0.2) is 23.1 Å². The zero-order valence-corrected chi connectivity index (χ0v) is 13.2. The van der Waals surface area contributed by atoms with Crippen LogP contribution < -0.4 is 4.72 Å². The molecule has 0 heterocycles. The zero-order valence-electron chi connectivity index (χ0n) is 12.4. The van der Waals surface area contributed by atoms with E-state index >= 15 is 0 Å². The minimum atomic E-state index is -3.50. The van der Waals surface area contributed by atoms with Crippen molar-refractivity contribution in [1.82, 2.24) is 4.72 Å². The summed E-state index contributed by atoms with van der Waals surface area (Å²) in [6.45, 7) is 9.07. The lowest BCUT2D eigenvalue weighted by Gasteiger charge is -2.28. The minimum Gasteiger partial charge on any atom is -0.225 e. The molecule has 0 atom stereocenters. The Morgan fingerprint density at radius 2 is 1.53 bits per heavy atom. The van der Waals surface area contributed by atoms with Gasteiger partial charge in [0.05, 0.1) is 4.90 Å². The normalized spacial score (nSPS) is 13.6. The van der Waals surface area contributed by atoms with E-state index in [-0.39, 0.29) is 10.3 Å². The molecule has 1 rings (SSSR count). The molecule has 0 bridgehead atoms. The van der Waals surface area contributed by atoms with Crippen LogP contribution in [0.4, 0.5) is 0 Å². The van der Waals surface area contributed by atoms with Gasteiger partial charge in [0.1, 0.15) is 5.60 Å². The molecule has 0 spiro atoms. The first kappa shape index (κ1) is 16.1. The van der Waals surface area contributed by atoms with Crippen LogP contribution in [0.1, 0.15) is 45.7 Å². The molecular formula is C14H22NO3S. The van der Waals surface area contributed by atoms with Crippen molar-refractivity contribution in [1.29, 1.82) is 0 Å². The van der Waals surface area contributed by atoms with Gasteiger partial charge >= 0.3 is 0 Å². The Hall–Kier alpha value is -0.910. The fraction of sp³-hybridized carbons (Fsp3) is 0.571. The van der Waals surface area contributed by atoms with Gasteiger partial charge in [-0.1, -0.05) is 26.8 Å². The molecular weight excluding hydrogens is 262 g/mol. The summed E-state index contributed by atoms with van der Waals surface area (Å²) in [5.41, 5.74) is -0.153. The molecule has 1 N–H and O–H groups in total. The fourth-order valence-electron chi connectivity index (χ4n) is 1.95. The average Bonchev–Trinajstić information content (AvgIpc) is 2.26. The van der Waals surface area contributed by atoms with Gasteiger partial charge in [-0.25, -0.2) is 18.2 Å². The molecule has 0 amide bonds. The van der Waals surface area contributed by atoms with Gasteiger partial charge in [-0.05, 0) is 49.6 Å². The van der Waals surface area contributed by atoms with E-state index in [0.717, 1.165) is 5.56 Å². The van der Waals surface area contributed by atoms with E-state index in [0.29, 0.717) is 5.56 Å². The lowest BCUT2D eigenvalue weighted by atomic mass is 9.79. The second kappa shape index (κ2) is 4.89. The van der Waals surface area contributed by atoms with Crippen molar-refractivity contribution in [2.75, 3.05) is 7.05 Å². The summed E-state index contributed by atoms with van der Waals surface area (Å²) in [5, 5.41) is 12.2. The summed E-state index contributed by atoms with van der Waals surface area (Å²) in [5.74, 6) is 0. The molecule has 4 nitrogen and oxygen atoms in total. The van der Waals surface area contributed by atoms with Crippen molar-refractivity contribution in [3.8, 4) is 0 Å². The van der Waals surface area contributed by atoms with E-state index in [1.54, 1.807) is 26.0 Å². The van der Waals surface area contributed by atoms with Crippen LogP contribution in [0.25, 0.3) is 0 Å². The van der Waals surface area contributed by atoms with Crippen LogP contribution in [-0.2, 0) is 26.1 Å². The molecule has 107 valence electrons. The lowest BCUT2D eigenvalue weighted by molar-refractivity contribution is -0.00159. The van der Waals surface area contributed by atoms with Gasteiger partial charge in [0.15, 0.2) is 0 Å². The lowest BCUT2D eigenvalue weighted by Crippen LogP contribution is -2.25. The van der Waals surface area contributed by atoms with Gasteiger partial charge in [0.2, 0.25) is 10.0 Å². The highest BCUT2D eigenvalue weighted by Gasteiger charge is 2.29. The average molecular weight is 284 g/mol. The molecule has 0 unspecified atom stereocenters. The first-order chi connectivity index (χ1) is 8.39. The Bertz CT molecular complexity index is 563. The second-order valence-corrected chi connectivity index (χ2v) is 8.06. The van der Waals surface area contributed by atoms with Gasteiger partial charge in [0, 0.05) is 0 Å². The molecule has 0 aliphatic carbocycles. The predicted molar refractivity (Wildman–Crippen MR) is 75.1 cm³/mol. The topological polar surface area (TPSA) is 66.1 Å². The van der Waals surface area contributed by atoms with E-state index in [4.69, 9.17) is 0 Å². The molecule has 0 aromatic heterocycles. The molecule has 0 aliphatic heterocycles. The van der Waals surface area contributed by atoms with Crippen molar-refractivity contribution in [2.45, 2.75) is 50.5 Å². The third kappa shape index (κ3) is 3.55. The fourth-order valence-corrected chi connectivity index (χ4v) is 2.71. The van der Waals surface area contributed by atoms with Gasteiger partial charge < -0.3 is 0 Å². The summed E-state index contributed by atoms with van der Waals surface area (Å²) < 4.78 is 26.0. The monoisotopic (exact) mass is 284 g/mol. The van der Waals surface area contributed by atoms with Gasteiger partial charge in [-0.2, -0.15) is 0 Å². The molecule has 1 aromatic carbocycles. The van der Waals surface area contributed by atoms with Crippen molar-refractivity contribution in [3.05, 3.63) is 29.3 Å². The van der Waals surface area contributed by atoms with Crippen LogP contribution in [0.3, 0.4) is 0 Å². The van der Waals surface area contributed by atoms with E-state index < -0.39 is 15.6 Å². The quantitative estimate of drug-likeness (QED) is 0.927. The third-order valence-electron chi connectivity index (χ3n) is 3.03. The maximum absolute atomic E-state index is 12.2. The zero-order chi connectivity index (χ0) is 15.1. The number of nitrogens with one attached hydrogen (secondary N) is 1. The Morgan fingerprint density at radius 3 is 1.89 bits per heavy atom. The minimum absolute atomic E-state index is 0.188. The standard InChI is InChI=1S/C14H22NO3S/c1-13(2,3)12-9-10(19(17,18)15-6)7-8-11(12)14(4,5)16/h7-9,15H,1-6H3. The van der Waals surface area contributed by atoms with Crippen molar-refractivity contribution in [3.63, 3.8) is 0 Å². The molecule has 0 saturated carbocycles. The maximum Gasteiger partial charge on any atom is 0.240 e. The first-order valence-corrected chi connectivity index (χ1v) is 7.67. The molecule has 1 aromatic rings. The molecule has 0 saturated heterocycles. The highest BCUT2D eigenvalue weighted by Crippen LogP contribution is 2.34. The van der Waals surface area contributed by atoms with Gasteiger partial charge in [-0.3, -0.25) is 0 Å². The highest BCUT2D eigenvalue weighted by molar-refractivity contribution is 7.89. The smallest absolute Gasteiger partial charge is 0.225 e. The van der Waals surface area contributed by atoms with Gasteiger partial charge in [-0.15, -0.1) is 0 Å². The van der Waals surface area contributed by atoms with Crippen LogP contribution in [0, 0.1) is 0 Å². The Labute approximate surface area is 115 Å². The van der Waals surface area contributed by atoms with Crippen molar-refractivity contribution in [2.24, 2.45) is 0 Å². The van der Waals surface area contributed by atoms with Crippen LogP contribution >= 0.6 is 0 Å². The summed E-state index contributed by atoms with van der Waals surface area (Å²) in [6.07, 6.45) is 0. The molecule has 1 radical (unpaired) electrons. The van der Waals surface area contributed by atoms with E-state index in [1.807, 2.05) is 20.8 Å². The number of benzene rings is 1. The van der Waals surface area contributed by atoms with Gasteiger partial charge in [0.25, 0.3) is 0 Å². The molecule has 0 aliphatic rings. The van der Waals surface area contributed by atoms with Crippen molar-refractivity contribution < 1.29 is 13.5 Å². The van der Waals surface area contributed by atoms with E-state index in [9.17, 15) is 13.5 Å². The first-order valence-electron chi connectivity index (χ1n) is 6.18. The highest BCUT2D eigenvalue weighted by atomic mass is 32.2. The summed E-state index contributed by atoms with van der Waals surface area (Å²) in [4.78, 5) is 0.188. The van der Waals surface area contributed by atoms with Crippen LogP contribution in [-0.4, -0.2) is 15.5 Å². The number of rotatable bonds is 3. The second-order valence-electron chi connectivity index (χ2n) is 6.18. The summed E-state index contributed by atoms with van der Waals surface area (Å²) in [7, 11) is -2.12. The van der Waals surface area contributed by atoms with E-state index in [1.165, 1.54) is 13.1 Å². The number of sulfonamides is 1. The number of hydrogen-bond donors (Lipinski definition) is 1. The van der Waals surface area contributed by atoms with Crippen molar-refractivity contribution >= 4 is 10.0 Å². The SMILES string of the molecule is CNS(=O)(=O)c1ccc(C(C)(C)[O])c(C(C)(C)C)c1. The molecule has 0 fully saturated rings. The Kier molecular flexibility index (Phi) is 4.15. The Morgan fingerprint density at radius 1 is 1.00 bits per heavy atom. The van der Waals surface area contributed by atoms with Crippen LogP contribution in [0.2, 0.25) is 0 Å². The Balaban J connectivity index is 3.59. The largest absolute Gasteiger partial charge is 0.240 e. The number of hydrogen-bond acceptors (Lipinski definition) is 2. The molecule has 19 heavy (non-hydrogen) atoms. The third-order valence-corrected chi connectivity index (χ3v) is 4.44. The van der Waals surface area contributed by atoms with E-state index in [2.05, 4.69) is 4.72 Å². The predicted octanol–water partition coefficient (Wildman–Crippen LogP) is 2.56. The summed E-state index contributed by atoms with van der Waals surface area (Å²) in [6, 6.07) is 4.70. The maximum atomic E-state index is 12.2. The molecule has 5 heteroatoms. The summed E-state index contributed by atoms with van der Waals surface area (Å²) >= 11 is 0.